The van der Waals surface area contributed by atoms with E-state index in [0.717, 1.165) is 15.3 Å². The fourth-order valence-corrected chi connectivity index (χ4v) is 4.45. The molecule has 0 atom stereocenters. The quantitative estimate of drug-likeness (QED) is 0.601. The number of amides is 1. The van der Waals surface area contributed by atoms with Gasteiger partial charge in [0.2, 0.25) is 0 Å². The molecule has 126 valence electrons. The van der Waals surface area contributed by atoms with Crippen LogP contribution in [0.5, 0.6) is 0 Å². The molecule has 4 aromatic heterocycles. The molecule has 7 heteroatoms. The molecule has 4 heterocycles. The van der Waals surface area contributed by atoms with Crippen molar-refractivity contribution in [3.63, 3.8) is 0 Å². The predicted molar refractivity (Wildman–Crippen MR) is 102 cm³/mol. The second-order valence-corrected chi connectivity index (χ2v) is 7.99. The van der Waals surface area contributed by atoms with Crippen LogP contribution in [0.1, 0.15) is 25.7 Å². The van der Waals surface area contributed by atoms with Gasteiger partial charge in [0, 0.05) is 16.0 Å². The first-order chi connectivity index (χ1) is 12.1. The van der Waals surface area contributed by atoms with Crippen LogP contribution in [0.4, 0.5) is 0 Å². The van der Waals surface area contributed by atoms with Gasteiger partial charge >= 0.3 is 0 Å². The molecule has 0 spiro atoms. The lowest BCUT2D eigenvalue weighted by atomic mass is 10.2. The molecule has 4 rings (SSSR count). The Kier molecular flexibility index (Phi) is 3.89. The third-order valence-electron chi connectivity index (χ3n) is 4.22. The second-order valence-electron chi connectivity index (χ2n) is 5.76. The molecule has 0 saturated carbocycles. The third-order valence-corrected chi connectivity index (χ3v) is 6.20. The number of hydrogen-bond acceptors (Lipinski definition) is 5. The van der Waals surface area contributed by atoms with Crippen molar-refractivity contribution in [2.45, 2.75) is 20.4 Å². The van der Waals surface area contributed by atoms with Gasteiger partial charge < -0.3 is 5.32 Å². The van der Waals surface area contributed by atoms with Gasteiger partial charge in [0.25, 0.3) is 11.5 Å². The van der Waals surface area contributed by atoms with Gasteiger partial charge in [-0.25, -0.2) is 4.98 Å². The standard InChI is InChI=1S/C18H15N3O2S2/c1-10-11(2)25-17-14(10)18(23)21-7-3-6-13(15(21)20-17)16(22)19-9-12-5-4-8-24-12/h3-8H,9H2,1-2H3,(H,19,22). The molecule has 0 fully saturated rings. The van der Waals surface area contributed by atoms with Crippen LogP contribution in [0.2, 0.25) is 0 Å². The lowest BCUT2D eigenvalue weighted by Crippen LogP contribution is -2.25. The average Bonchev–Trinajstić information content (AvgIpc) is 3.21. The minimum atomic E-state index is -0.234. The highest BCUT2D eigenvalue weighted by molar-refractivity contribution is 7.18. The zero-order valence-electron chi connectivity index (χ0n) is 13.7. The van der Waals surface area contributed by atoms with Crippen molar-refractivity contribution >= 4 is 44.4 Å². The number of nitrogens with one attached hydrogen (secondary N) is 1. The van der Waals surface area contributed by atoms with Crippen molar-refractivity contribution in [1.29, 1.82) is 0 Å². The molecule has 0 radical (unpaired) electrons. The van der Waals surface area contributed by atoms with Crippen molar-refractivity contribution in [2.75, 3.05) is 0 Å². The monoisotopic (exact) mass is 369 g/mol. The van der Waals surface area contributed by atoms with Gasteiger partial charge in [0.05, 0.1) is 17.5 Å². The van der Waals surface area contributed by atoms with Crippen molar-refractivity contribution in [1.82, 2.24) is 14.7 Å². The SMILES string of the molecule is Cc1sc2nc3c(C(=O)NCc4cccs4)cccn3c(=O)c2c1C. The van der Waals surface area contributed by atoms with E-state index >= 15 is 0 Å². The maximum absolute atomic E-state index is 12.8. The van der Waals surface area contributed by atoms with E-state index in [1.165, 1.54) is 15.7 Å². The molecule has 25 heavy (non-hydrogen) atoms. The van der Waals surface area contributed by atoms with E-state index in [9.17, 15) is 9.59 Å². The summed E-state index contributed by atoms with van der Waals surface area (Å²) >= 11 is 3.07. The number of fused-ring (bicyclic) bond motifs is 2. The van der Waals surface area contributed by atoms with Crippen LogP contribution in [-0.2, 0) is 6.54 Å². The Labute approximate surface area is 151 Å². The summed E-state index contributed by atoms with van der Waals surface area (Å²) < 4.78 is 1.46. The number of carbonyl (C=O) groups excluding carboxylic acids is 1. The van der Waals surface area contributed by atoms with Gasteiger partial charge in [-0.3, -0.25) is 14.0 Å². The largest absolute Gasteiger partial charge is 0.347 e. The Bertz CT molecular complexity index is 1160. The molecule has 0 aliphatic heterocycles. The van der Waals surface area contributed by atoms with Gasteiger partial charge in [-0.05, 0) is 43.0 Å². The van der Waals surface area contributed by atoms with E-state index in [4.69, 9.17) is 0 Å². The number of carbonyl (C=O) groups is 1. The van der Waals surface area contributed by atoms with Gasteiger partial charge in [0.1, 0.15) is 4.83 Å². The molecule has 0 aliphatic rings. The number of hydrogen-bond donors (Lipinski definition) is 1. The average molecular weight is 369 g/mol. The molecule has 0 aromatic carbocycles. The predicted octanol–water partition coefficient (Wildman–Crippen LogP) is 3.52. The Balaban J connectivity index is 1.83. The van der Waals surface area contributed by atoms with Crippen molar-refractivity contribution < 1.29 is 4.79 Å². The van der Waals surface area contributed by atoms with Crippen LogP contribution >= 0.6 is 22.7 Å². The minimum absolute atomic E-state index is 0.130. The summed E-state index contributed by atoms with van der Waals surface area (Å²) in [5.74, 6) is -0.234. The molecular formula is C18H15N3O2S2. The Morgan fingerprint density at radius 2 is 2.12 bits per heavy atom. The van der Waals surface area contributed by atoms with Crippen LogP contribution in [-0.4, -0.2) is 15.3 Å². The molecule has 1 amide bonds. The lowest BCUT2D eigenvalue weighted by Gasteiger charge is -2.08. The maximum Gasteiger partial charge on any atom is 0.266 e. The van der Waals surface area contributed by atoms with Gasteiger partial charge in [-0.15, -0.1) is 22.7 Å². The van der Waals surface area contributed by atoms with Gasteiger partial charge in [-0.2, -0.15) is 0 Å². The smallest absolute Gasteiger partial charge is 0.266 e. The summed E-state index contributed by atoms with van der Waals surface area (Å²) in [6, 6.07) is 7.32. The van der Waals surface area contributed by atoms with Gasteiger partial charge in [-0.1, -0.05) is 6.07 Å². The Morgan fingerprint density at radius 1 is 1.28 bits per heavy atom. The van der Waals surface area contributed by atoms with Crippen molar-refractivity contribution in [3.8, 4) is 0 Å². The molecular weight excluding hydrogens is 354 g/mol. The highest BCUT2D eigenvalue weighted by atomic mass is 32.1. The highest BCUT2D eigenvalue weighted by Crippen LogP contribution is 2.26. The number of pyridine rings is 1. The van der Waals surface area contributed by atoms with E-state index in [-0.39, 0.29) is 11.5 Å². The Hall–Kier alpha value is -2.51. The summed E-state index contributed by atoms with van der Waals surface area (Å²) in [6.07, 6.45) is 1.66. The molecule has 0 bridgehead atoms. The normalized spacial score (nSPS) is 11.3. The first-order valence-corrected chi connectivity index (χ1v) is 9.47. The fraction of sp³-hybridized carbons (Fsp3) is 0.167. The van der Waals surface area contributed by atoms with Crippen LogP contribution < -0.4 is 10.9 Å². The van der Waals surface area contributed by atoms with Crippen molar-refractivity contribution in [3.05, 3.63) is 67.1 Å². The lowest BCUT2D eigenvalue weighted by molar-refractivity contribution is 0.0952. The zero-order valence-corrected chi connectivity index (χ0v) is 15.3. The molecule has 0 aliphatic carbocycles. The molecule has 4 aromatic rings. The second kappa shape index (κ2) is 6.09. The summed E-state index contributed by atoms with van der Waals surface area (Å²) in [7, 11) is 0. The summed E-state index contributed by atoms with van der Waals surface area (Å²) in [5.41, 5.74) is 1.63. The van der Waals surface area contributed by atoms with Crippen LogP contribution in [0.25, 0.3) is 15.9 Å². The van der Waals surface area contributed by atoms with Crippen LogP contribution in [0.15, 0.2) is 40.6 Å². The summed E-state index contributed by atoms with van der Waals surface area (Å²) in [4.78, 5) is 32.9. The topological polar surface area (TPSA) is 63.5 Å². The summed E-state index contributed by atoms with van der Waals surface area (Å²) in [6.45, 7) is 4.37. The number of aromatic nitrogens is 2. The minimum Gasteiger partial charge on any atom is -0.347 e. The number of thiophene rings is 2. The summed E-state index contributed by atoms with van der Waals surface area (Å²) in [5, 5.41) is 5.50. The van der Waals surface area contributed by atoms with E-state index in [2.05, 4.69) is 10.3 Å². The molecule has 5 nitrogen and oxygen atoms in total. The molecule has 0 unspecified atom stereocenters. The highest BCUT2D eigenvalue weighted by Gasteiger charge is 2.17. The first-order valence-electron chi connectivity index (χ1n) is 7.78. The van der Waals surface area contributed by atoms with E-state index in [1.54, 1.807) is 29.7 Å². The maximum atomic E-state index is 12.8. The van der Waals surface area contributed by atoms with Crippen LogP contribution in [0.3, 0.4) is 0 Å². The molecule has 1 N–H and O–H groups in total. The number of rotatable bonds is 3. The van der Waals surface area contributed by atoms with Crippen LogP contribution in [0, 0.1) is 13.8 Å². The molecule has 0 saturated heterocycles. The Morgan fingerprint density at radius 3 is 2.88 bits per heavy atom. The van der Waals surface area contributed by atoms with E-state index in [1.807, 2.05) is 31.4 Å². The zero-order chi connectivity index (χ0) is 17.6. The first kappa shape index (κ1) is 16.0. The van der Waals surface area contributed by atoms with E-state index < -0.39 is 0 Å². The number of nitrogens with zero attached hydrogens (tertiary/aromatic N) is 2. The third kappa shape index (κ3) is 2.65. The number of aryl methyl sites for hydroxylation is 2. The fourth-order valence-electron chi connectivity index (χ4n) is 2.79. The van der Waals surface area contributed by atoms with Crippen molar-refractivity contribution in [2.24, 2.45) is 0 Å². The van der Waals surface area contributed by atoms with E-state index in [0.29, 0.717) is 28.0 Å². The van der Waals surface area contributed by atoms with Gasteiger partial charge in [0.15, 0.2) is 5.65 Å².